The van der Waals surface area contributed by atoms with E-state index in [4.69, 9.17) is 11.6 Å². The van der Waals surface area contributed by atoms with Gasteiger partial charge in [-0.25, -0.2) is 0 Å². The van der Waals surface area contributed by atoms with Crippen molar-refractivity contribution in [3.05, 3.63) is 40.9 Å². The van der Waals surface area contributed by atoms with E-state index in [9.17, 15) is 0 Å². The Labute approximate surface area is 84.4 Å². The van der Waals surface area contributed by atoms with Crippen LogP contribution in [0.25, 0.3) is 6.08 Å². The average Bonchev–Trinajstić information content (AvgIpc) is 2.15. The first-order chi connectivity index (χ1) is 6.33. The largest absolute Gasteiger partial charge is 0.319 e. The summed E-state index contributed by atoms with van der Waals surface area (Å²) in [5.41, 5.74) is 1.19. The molecule has 0 aliphatic carbocycles. The van der Waals surface area contributed by atoms with E-state index in [-0.39, 0.29) is 0 Å². The van der Waals surface area contributed by atoms with Crippen molar-refractivity contribution in [1.82, 2.24) is 5.32 Å². The third kappa shape index (κ3) is 4.11. The van der Waals surface area contributed by atoms with Gasteiger partial charge in [-0.05, 0) is 37.7 Å². The molecule has 0 radical (unpaired) electrons. The molecule has 0 atom stereocenters. The summed E-state index contributed by atoms with van der Waals surface area (Å²) in [5, 5.41) is 3.88. The predicted octanol–water partition coefficient (Wildman–Crippen LogP) is 2.96. The van der Waals surface area contributed by atoms with Crippen LogP contribution in [0.15, 0.2) is 30.3 Å². The molecule has 1 N–H and O–H groups in total. The number of hydrogen-bond acceptors (Lipinski definition) is 1. The molecule has 1 nitrogen and oxygen atoms in total. The predicted molar refractivity (Wildman–Crippen MR) is 59.0 cm³/mol. The van der Waals surface area contributed by atoms with Gasteiger partial charge in [0.25, 0.3) is 0 Å². The van der Waals surface area contributed by atoms with Gasteiger partial charge in [-0.1, -0.05) is 35.9 Å². The Kier molecular flexibility index (Phi) is 4.58. The van der Waals surface area contributed by atoms with E-state index < -0.39 is 0 Å². The van der Waals surface area contributed by atoms with Crippen LogP contribution in [0.4, 0.5) is 0 Å². The molecule has 0 saturated heterocycles. The number of halogens is 1. The fraction of sp³-hybridized carbons (Fsp3) is 0.273. The zero-order valence-electron chi connectivity index (χ0n) is 7.76. The maximum absolute atomic E-state index is 5.76. The molecule has 0 bridgehead atoms. The van der Waals surface area contributed by atoms with Crippen molar-refractivity contribution in [3.8, 4) is 0 Å². The Morgan fingerprint density at radius 2 is 2.00 bits per heavy atom. The molecule has 0 amide bonds. The molecule has 13 heavy (non-hydrogen) atoms. The number of hydrogen-bond donors (Lipinski definition) is 1. The Morgan fingerprint density at radius 1 is 1.31 bits per heavy atom. The molecule has 0 aliphatic heterocycles. The molecule has 0 aliphatic rings. The summed E-state index contributed by atoms with van der Waals surface area (Å²) in [6.07, 6.45) is 5.31. The lowest BCUT2D eigenvalue weighted by atomic mass is 10.2. The lowest BCUT2D eigenvalue weighted by molar-refractivity contribution is 0.809. The van der Waals surface area contributed by atoms with Crippen LogP contribution in [0.1, 0.15) is 12.0 Å². The average molecular weight is 196 g/mol. The second-order valence-corrected chi connectivity index (χ2v) is 3.28. The van der Waals surface area contributed by atoms with Gasteiger partial charge >= 0.3 is 0 Å². The van der Waals surface area contributed by atoms with Crippen molar-refractivity contribution in [2.24, 2.45) is 0 Å². The van der Waals surface area contributed by atoms with E-state index in [2.05, 4.69) is 17.5 Å². The summed E-state index contributed by atoms with van der Waals surface area (Å²) in [6, 6.07) is 7.83. The van der Waals surface area contributed by atoms with Crippen molar-refractivity contribution in [1.29, 1.82) is 0 Å². The molecule has 1 rings (SSSR count). The molecular weight excluding hydrogens is 182 g/mol. The Hall–Kier alpha value is -0.790. The zero-order chi connectivity index (χ0) is 9.52. The van der Waals surface area contributed by atoms with Gasteiger partial charge in [0.15, 0.2) is 0 Å². The van der Waals surface area contributed by atoms with Crippen LogP contribution in [-0.2, 0) is 0 Å². The molecule has 0 spiro atoms. The topological polar surface area (TPSA) is 12.0 Å². The lowest BCUT2D eigenvalue weighted by Gasteiger charge is -1.94. The van der Waals surface area contributed by atoms with Gasteiger partial charge in [0, 0.05) is 5.02 Å². The van der Waals surface area contributed by atoms with Crippen LogP contribution < -0.4 is 5.32 Å². The zero-order valence-corrected chi connectivity index (χ0v) is 8.51. The minimum atomic E-state index is 0.785. The number of rotatable bonds is 4. The van der Waals surface area contributed by atoms with E-state index >= 15 is 0 Å². The van der Waals surface area contributed by atoms with Crippen molar-refractivity contribution < 1.29 is 0 Å². The van der Waals surface area contributed by atoms with E-state index in [1.165, 1.54) is 5.56 Å². The monoisotopic (exact) mass is 195 g/mol. The van der Waals surface area contributed by atoms with Crippen LogP contribution in [-0.4, -0.2) is 13.6 Å². The normalized spacial score (nSPS) is 10.9. The van der Waals surface area contributed by atoms with E-state index in [0.29, 0.717) is 0 Å². The van der Waals surface area contributed by atoms with Gasteiger partial charge in [0.2, 0.25) is 0 Å². The van der Waals surface area contributed by atoms with Crippen LogP contribution in [0.3, 0.4) is 0 Å². The van der Waals surface area contributed by atoms with Crippen LogP contribution >= 0.6 is 11.6 Å². The van der Waals surface area contributed by atoms with Gasteiger partial charge in [-0.2, -0.15) is 0 Å². The van der Waals surface area contributed by atoms with Crippen LogP contribution in [0, 0.1) is 0 Å². The SMILES string of the molecule is CNCCC=Cc1ccc(Cl)cc1. The lowest BCUT2D eigenvalue weighted by Crippen LogP contribution is -2.05. The Balaban J connectivity index is 2.44. The number of benzene rings is 1. The fourth-order valence-electron chi connectivity index (χ4n) is 1.02. The summed E-state index contributed by atoms with van der Waals surface area (Å²) >= 11 is 5.76. The standard InChI is InChI=1S/C11H14ClN/c1-13-9-3-2-4-10-5-7-11(12)8-6-10/h2,4-8,13H,3,9H2,1H3. The van der Waals surface area contributed by atoms with Gasteiger partial charge in [-0.15, -0.1) is 0 Å². The molecule has 70 valence electrons. The first-order valence-corrected chi connectivity index (χ1v) is 4.77. The van der Waals surface area contributed by atoms with Crippen molar-refractivity contribution in [2.45, 2.75) is 6.42 Å². The van der Waals surface area contributed by atoms with Gasteiger partial charge in [0.1, 0.15) is 0 Å². The quantitative estimate of drug-likeness (QED) is 0.729. The third-order valence-electron chi connectivity index (χ3n) is 1.74. The van der Waals surface area contributed by atoms with Gasteiger partial charge in [0.05, 0.1) is 0 Å². The molecule has 0 saturated carbocycles. The molecule has 0 heterocycles. The van der Waals surface area contributed by atoms with Crippen molar-refractivity contribution in [3.63, 3.8) is 0 Å². The maximum Gasteiger partial charge on any atom is 0.0406 e. The van der Waals surface area contributed by atoms with Crippen LogP contribution in [0.2, 0.25) is 5.02 Å². The van der Waals surface area contributed by atoms with Crippen LogP contribution in [0.5, 0.6) is 0 Å². The Bertz CT molecular complexity index is 264. The van der Waals surface area contributed by atoms with Crippen molar-refractivity contribution >= 4 is 17.7 Å². The second-order valence-electron chi connectivity index (χ2n) is 2.85. The fourth-order valence-corrected chi connectivity index (χ4v) is 1.15. The minimum Gasteiger partial charge on any atom is -0.319 e. The van der Waals surface area contributed by atoms with Gasteiger partial charge in [-0.3, -0.25) is 0 Å². The number of nitrogens with one attached hydrogen (secondary N) is 1. The highest BCUT2D eigenvalue weighted by Gasteiger charge is 1.86. The van der Waals surface area contributed by atoms with E-state index in [1.807, 2.05) is 31.3 Å². The summed E-state index contributed by atoms with van der Waals surface area (Å²) in [4.78, 5) is 0. The summed E-state index contributed by atoms with van der Waals surface area (Å²) in [7, 11) is 1.95. The molecular formula is C11H14ClN. The highest BCUT2D eigenvalue weighted by molar-refractivity contribution is 6.30. The summed E-state index contributed by atoms with van der Waals surface area (Å²) in [5.74, 6) is 0. The maximum atomic E-state index is 5.76. The summed E-state index contributed by atoms with van der Waals surface area (Å²) < 4.78 is 0. The van der Waals surface area contributed by atoms with E-state index in [0.717, 1.165) is 18.0 Å². The second kappa shape index (κ2) is 5.79. The van der Waals surface area contributed by atoms with Crippen molar-refractivity contribution in [2.75, 3.05) is 13.6 Å². The van der Waals surface area contributed by atoms with E-state index in [1.54, 1.807) is 0 Å². The molecule has 0 fully saturated rings. The smallest absolute Gasteiger partial charge is 0.0406 e. The first-order valence-electron chi connectivity index (χ1n) is 4.39. The molecule has 2 heteroatoms. The molecule has 1 aromatic rings. The molecule has 0 aromatic heterocycles. The minimum absolute atomic E-state index is 0.785. The highest BCUT2D eigenvalue weighted by atomic mass is 35.5. The molecule has 0 unspecified atom stereocenters. The first kappa shape index (κ1) is 10.3. The highest BCUT2D eigenvalue weighted by Crippen LogP contribution is 2.10. The Morgan fingerprint density at radius 3 is 2.62 bits per heavy atom. The molecule has 1 aromatic carbocycles. The third-order valence-corrected chi connectivity index (χ3v) is 1.99. The van der Waals surface area contributed by atoms with Gasteiger partial charge < -0.3 is 5.32 Å². The summed E-state index contributed by atoms with van der Waals surface area (Å²) in [6.45, 7) is 1.02.